The fourth-order valence-corrected chi connectivity index (χ4v) is 4.30. The van der Waals surface area contributed by atoms with Crippen LogP contribution in [0.5, 0.6) is 0 Å². The Hall–Kier alpha value is -4.21. The summed E-state index contributed by atoms with van der Waals surface area (Å²) in [5.41, 5.74) is 1.40. The number of likely N-dealkylation sites (tertiary alicyclic amines) is 1. The number of alkyl halides is 3. The first-order valence-corrected chi connectivity index (χ1v) is 10.8. The van der Waals surface area contributed by atoms with Crippen LogP contribution in [0.25, 0.3) is 22.2 Å². The van der Waals surface area contributed by atoms with Gasteiger partial charge >= 0.3 is 6.18 Å². The lowest BCUT2D eigenvalue weighted by Gasteiger charge is -2.22. The number of carbonyl (C=O) groups is 1. The fraction of sp³-hybridized carbons (Fsp3) is 0.200. The standard InChI is InChI=1S/C25H18F3N3O4/c26-25(27,28)18-4-1-3-16(13-18)17-8-11-22-20(14-17)29-23(35-22)21-5-2-12-30(21)24(32)15-6-9-19(10-7-15)31(33)34/h1,3-4,6-11,13-14,21H,2,5,12H2. The Morgan fingerprint density at radius 1 is 1.06 bits per heavy atom. The number of nitro groups is 1. The second-order valence-electron chi connectivity index (χ2n) is 8.27. The van der Waals surface area contributed by atoms with E-state index in [-0.39, 0.29) is 11.6 Å². The van der Waals surface area contributed by atoms with Gasteiger partial charge in [0, 0.05) is 24.2 Å². The highest BCUT2D eigenvalue weighted by Crippen LogP contribution is 2.36. The van der Waals surface area contributed by atoms with Crippen molar-refractivity contribution in [2.24, 2.45) is 0 Å². The van der Waals surface area contributed by atoms with Crippen molar-refractivity contribution < 1.29 is 27.3 Å². The summed E-state index contributed by atoms with van der Waals surface area (Å²) in [6.45, 7) is 0.481. The average Bonchev–Trinajstić information content (AvgIpc) is 3.49. The first-order chi connectivity index (χ1) is 16.7. The Kier molecular flexibility index (Phi) is 5.50. The van der Waals surface area contributed by atoms with E-state index in [1.165, 1.54) is 30.3 Å². The third-order valence-corrected chi connectivity index (χ3v) is 6.05. The van der Waals surface area contributed by atoms with Gasteiger partial charge in [0.2, 0.25) is 5.89 Å². The maximum absolute atomic E-state index is 13.1. The number of aromatic nitrogens is 1. The molecule has 0 aliphatic carbocycles. The lowest BCUT2D eigenvalue weighted by atomic mass is 10.0. The van der Waals surface area contributed by atoms with Gasteiger partial charge in [0.15, 0.2) is 5.58 Å². The number of amides is 1. The molecule has 5 rings (SSSR count). The summed E-state index contributed by atoms with van der Waals surface area (Å²) < 4.78 is 45.2. The maximum atomic E-state index is 13.1. The summed E-state index contributed by atoms with van der Waals surface area (Å²) in [6.07, 6.45) is -3.08. The van der Waals surface area contributed by atoms with E-state index in [0.29, 0.717) is 46.6 Å². The van der Waals surface area contributed by atoms with Crippen LogP contribution in [0.1, 0.15) is 40.7 Å². The first kappa shape index (κ1) is 22.6. The topological polar surface area (TPSA) is 89.5 Å². The van der Waals surface area contributed by atoms with Gasteiger partial charge in [0.1, 0.15) is 11.6 Å². The highest BCUT2D eigenvalue weighted by molar-refractivity contribution is 5.95. The van der Waals surface area contributed by atoms with Crippen molar-refractivity contribution in [2.75, 3.05) is 6.54 Å². The number of carbonyl (C=O) groups excluding carboxylic acids is 1. The molecular weight excluding hydrogens is 463 g/mol. The molecule has 2 heterocycles. The van der Waals surface area contributed by atoms with E-state index in [1.807, 2.05) is 0 Å². The van der Waals surface area contributed by atoms with Crippen molar-refractivity contribution in [1.29, 1.82) is 0 Å². The van der Waals surface area contributed by atoms with Gasteiger partial charge in [-0.25, -0.2) is 4.98 Å². The molecule has 1 aliphatic rings. The molecule has 3 aromatic carbocycles. The number of hydrogen-bond acceptors (Lipinski definition) is 5. The van der Waals surface area contributed by atoms with Crippen LogP contribution in [-0.4, -0.2) is 27.3 Å². The zero-order valence-electron chi connectivity index (χ0n) is 18.2. The van der Waals surface area contributed by atoms with Crippen molar-refractivity contribution >= 4 is 22.7 Å². The van der Waals surface area contributed by atoms with E-state index in [1.54, 1.807) is 29.2 Å². The van der Waals surface area contributed by atoms with E-state index in [0.717, 1.165) is 18.6 Å². The number of nitro benzene ring substituents is 1. The second-order valence-corrected chi connectivity index (χ2v) is 8.27. The summed E-state index contributed by atoms with van der Waals surface area (Å²) in [7, 11) is 0. The lowest BCUT2D eigenvalue weighted by molar-refractivity contribution is -0.384. The molecule has 1 amide bonds. The molecule has 35 heavy (non-hydrogen) atoms. The predicted octanol–water partition coefficient (Wildman–Crippen LogP) is 6.40. The quantitative estimate of drug-likeness (QED) is 0.249. The van der Waals surface area contributed by atoms with Crippen LogP contribution in [0.3, 0.4) is 0 Å². The van der Waals surface area contributed by atoms with Crippen LogP contribution in [0.4, 0.5) is 18.9 Å². The molecule has 1 unspecified atom stereocenters. The van der Waals surface area contributed by atoms with Crippen LogP contribution >= 0.6 is 0 Å². The molecule has 1 aromatic heterocycles. The van der Waals surface area contributed by atoms with Crippen molar-refractivity contribution in [2.45, 2.75) is 25.1 Å². The number of oxazole rings is 1. The van der Waals surface area contributed by atoms with Gasteiger partial charge in [-0.1, -0.05) is 18.2 Å². The van der Waals surface area contributed by atoms with Gasteiger partial charge in [-0.05, 0) is 60.4 Å². The minimum atomic E-state index is -4.44. The minimum Gasteiger partial charge on any atom is -0.438 e. The van der Waals surface area contributed by atoms with Crippen molar-refractivity contribution in [3.63, 3.8) is 0 Å². The van der Waals surface area contributed by atoms with Gasteiger partial charge in [0.25, 0.3) is 11.6 Å². The van der Waals surface area contributed by atoms with Crippen molar-refractivity contribution in [3.8, 4) is 11.1 Å². The molecule has 0 radical (unpaired) electrons. The number of nitrogens with zero attached hydrogens (tertiary/aromatic N) is 3. The number of halogens is 3. The molecule has 178 valence electrons. The molecule has 10 heteroatoms. The predicted molar refractivity (Wildman–Crippen MR) is 121 cm³/mol. The van der Waals surface area contributed by atoms with E-state index >= 15 is 0 Å². The van der Waals surface area contributed by atoms with Crippen LogP contribution in [0.2, 0.25) is 0 Å². The SMILES string of the molecule is O=C(c1ccc([N+](=O)[O-])cc1)N1CCCC1c1nc2cc(-c3cccc(C(F)(F)F)c3)ccc2o1. The normalized spacial score (nSPS) is 16.1. The number of fused-ring (bicyclic) bond motifs is 1. The van der Waals surface area contributed by atoms with Crippen molar-refractivity contribution in [3.05, 3.63) is 93.9 Å². The average molecular weight is 481 g/mol. The minimum absolute atomic E-state index is 0.102. The largest absolute Gasteiger partial charge is 0.438 e. The molecule has 0 spiro atoms. The Morgan fingerprint density at radius 2 is 1.80 bits per heavy atom. The van der Waals surface area contributed by atoms with E-state index in [9.17, 15) is 28.1 Å². The highest BCUT2D eigenvalue weighted by atomic mass is 19.4. The lowest BCUT2D eigenvalue weighted by Crippen LogP contribution is -2.30. The van der Waals surface area contributed by atoms with E-state index < -0.39 is 22.7 Å². The van der Waals surface area contributed by atoms with Crippen LogP contribution in [0, 0.1) is 10.1 Å². The third kappa shape index (κ3) is 4.34. The molecule has 0 bridgehead atoms. The van der Waals surface area contributed by atoms with Crippen LogP contribution in [0.15, 0.2) is 71.1 Å². The highest BCUT2D eigenvalue weighted by Gasteiger charge is 2.34. The third-order valence-electron chi connectivity index (χ3n) is 6.05. The smallest absolute Gasteiger partial charge is 0.416 e. The first-order valence-electron chi connectivity index (χ1n) is 10.8. The molecule has 0 saturated carbocycles. The van der Waals surface area contributed by atoms with Crippen LogP contribution in [-0.2, 0) is 6.18 Å². The van der Waals surface area contributed by atoms with E-state index in [2.05, 4.69) is 4.98 Å². The molecule has 1 saturated heterocycles. The summed E-state index contributed by atoms with van der Waals surface area (Å²) in [4.78, 5) is 29.6. The van der Waals surface area contributed by atoms with Gasteiger partial charge in [-0.15, -0.1) is 0 Å². The molecule has 1 fully saturated rings. The molecular formula is C25H18F3N3O4. The molecule has 7 nitrogen and oxygen atoms in total. The Labute approximate surface area is 196 Å². The second kappa shape index (κ2) is 8.53. The molecule has 1 atom stereocenters. The number of rotatable bonds is 4. The monoisotopic (exact) mass is 481 g/mol. The fourth-order valence-electron chi connectivity index (χ4n) is 4.30. The zero-order valence-corrected chi connectivity index (χ0v) is 18.2. The summed E-state index contributed by atoms with van der Waals surface area (Å²) in [5, 5.41) is 10.9. The Morgan fingerprint density at radius 3 is 2.51 bits per heavy atom. The zero-order chi connectivity index (χ0) is 24.7. The molecule has 1 aliphatic heterocycles. The number of benzene rings is 3. The molecule has 4 aromatic rings. The number of non-ortho nitro benzene ring substituents is 1. The maximum Gasteiger partial charge on any atom is 0.416 e. The van der Waals surface area contributed by atoms with Crippen LogP contribution < -0.4 is 0 Å². The Balaban J connectivity index is 1.43. The summed E-state index contributed by atoms with van der Waals surface area (Å²) in [6, 6.07) is 15.0. The Bertz CT molecular complexity index is 1430. The number of hydrogen-bond donors (Lipinski definition) is 0. The summed E-state index contributed by atoms with van der Waals surface area (Å²) >= 11 is 0. The van der Waals surface area contributed by atoms with Gasteiger partial charge in [0.05, 0.1) is 10.5 Å². The molecule has 0 N–H and O–H groups in total. The summed E-state index contributed by atoms with van der Waals surface area (Å²) in [5.74, 6) is 0.0586. The van der Waals surface area contributed by atoms with E-state index in [4.69, 9.17) is 4.42 Å². The van der Waals surface area contributed by atoms with Gasteiger partial charge in [-0.3, -0.25) is 14.9 Å². The van der Waals surface area contributed by atoms with Crippen molar-refractivity contribution in [1.82, 2.24) is 9.88 Å². The van der Waals surface area contributed by atoms with Gasteiger partial charge < -0.3 is 9.32 Å². The van der Waals surface area contributed by atoms with Gasteiger partial charge in [-0.2, -0.15) is 13.2 Å².